The predicted molar refractivity (Wildman–Crippen MR) is 67.0 cm³/mol. The molecule has 0 aliphatic carbocycles. The summed E-state index contributed by atoms with van der Waals surface area (Å²) in [4.78, 5) is 11.5. The van der Waals surface area contributed by atoms with Crippen molar-refractivity contribution in [3.05, 3.63) is 60.1 Å². The van der Waals surface area contributed by atoms with E-state index in [1.807, 2.05) is 18.2 Å². The topological polar surface area (TPSA) is 62.5 Å². The van der Waals surface area contributed by atoms with Gasteiger partial charge in [-0.2, -0.15) is 0 Å². The van der Waals surface area contributed by atoms with E-state index in [9.17, 15) is 9.90 Å². The molecule has 4 heteroatoms. The third kappa shape index (κ3) is 2.43. The highest BCUT2D eigenvalue weighted by molar-refractivity contribution is 5.80. The third-order valence-electron chi connectivity index (χ3n) is 2.98. The highest BCUT2D eigenvalue weighted by Gasteiger charge is 2.34. The molecule has 0 saturated heterocycles. The van der Waals surface area contributed by atoms with Gasteiger partial charge in [0.2, 0.25) is 0 Å². The summed E-state index contributed by atoms with van der Waals surface area (Å²) in [6, 6.07) is 12.7. The van der Waals surface area contributed by atoms with Gasteiger partial charge in [-0.25, -0.2) is 4.79 Å². The average molecular weight is 245 g/mol. The Kier molecular flexibility index (Phi) is 3.48. The van der Waals surface area contributed by atoms with Gasteiger partial charge >= 0.3 is 5.97 Å². The quantitative estimate of drug-likeness (QED) is 0.849. The largest absolute Gasteiger partial charge is 0.480 e. The van der Waals surface area contributed by atoms with Gasteiger partial charge in [0.05, 0.1) is 12.8 Å². The Labute approximate surface area is 105 Å². The van der Waals surface area contributed by atoms with Crippen molar-refractivity contribution < 1.29 is 14.3 Å². The first-order valence-corrected chi connectivity index (χ1v) is 5.69. The first-order chi connectivity index (χ1) is 8.63. The van der Waals surface area contributed by atoms with Crippen LogP contribution in [0.15, 0.2) is 53.1 Å². The Morgan fingerprint density at radius 1 is 1.28 bits per heavy atom. The number of hydrogen-bond acceptors (Lipinski definition) is 3. The van der Waals surface area contributed by atoms with Crippen molar-refractivity contribution in [2.45, 2.75) is 19.0 Å². The molecule has 2 N–H and O–H groups in total. The molecular formula is C14H15NO3. The second-order valence-electron chi connectivity index (χ2n) is 4.23. The maximum Gasteiger partial charge on any atom is 0.328 e. The van der Waals surface area contributed by atoms with Gasteiger partial charge in [-0.15, -0.1) is 0 Å². The van der Waals surface area contributed by atoms with Crippen LogP contribution in [-0.4, -0.2) is 11.1 Å². The van der Waals surface area contributed by atoms with E-state index in [2.05, 4.69) is 5.32 Å². The number of carboxylic acid groups (broad SMARTS) is 1. The minimum Gasteiger partial charge on any atom is -0.480 e. The van der Waals surface area contributed by atoms with Crippen LogP contribution < -0.4 is 5.32 Å². The lowest BCUT2D eigenvalue weighted by Gasteiger charge is -2.26. The molecule has 0 radical (unpaired) electrons. The van der Waals surface area contributed by atoms with Crippen LogP contribution in [0.3, 0.4) is 0 Å². The van der Waals surface area contributed by atoms with E-state index in [0.29, 0.717) is 17.9 Å². The number of aliphatic carboxylic acids is 1. The normalized spacial score (nSPS) is 14.1. The number of carbonyl (C=O) groups is 1. The van der Waals surface area contributed by atoms with E-state index in [1.54, 1.807) is 37.5 Å². The first kappa shape index (κ1) is 12.4. The van der Waals surface area contributed by atoms with Crippen molar-refractivity contribution in [1.29, 1.82) is 0 Å². The summed E-state index contributed by atoms with van der Waals surface area (Å²) in [5.74, 6) is -0.210. The molecular weight excluding hydrogens is 230 g/mol. The van der Waals surface area contributed by atoms with Crippen molar-refractivity contribution in [3.63, 3.8) is 0 Å². The molecule has 1 aromatic carbocycles. The van der Waals surface area contributed by atoms with Gasteiger partial charge in [-0.1, -0.05) is 30.3 Å². The molecule has 1 atom stereocenters. The van der Waals surface area contributed by atoms with Gasteiger partial charge in [0, 0.05) is 0 Å². The lowest BCUT2D eigenvalue weighted by atomic mass is 9.92. The summed E-state index contributed by atoms with van der Waals surface area (Å²) in [5.41, 5.74) is -0.419. The second-order valence-corrected chi connectivity index (χ2v) is 4.23. The van der Waals surface area contributed by atoms with Crippen LogP contribution in [0.4, 0.5) is 0 Å². The van der Waals surface area contributed by atoms with Gasteiger partial charge in [-0.3, -0.25) is 5.32 Å². The van der Waals surface area contributed by atoms with Gasteiger partial charge in [0.15, 0.2) is 0 Å². The number of benzene rings is 1. The summed E-state index contributed by atoms with van der Waals surface area (Å²) in [6.07, 6.45) is 1.57. The molecule has 0 amide bonds. The Morgan fingerprint density at radius 2 is 2.00 bits per heavy atom. The number of rotatable bonds is 5. The lowest BCUT2D eigenvalue weighted by Crippen LogP contribution is -2.46. The highest BCUT2D eigenvalue weighted by atomic mass is 16.4. The number of nitrogens with one attached hydrogen (secondary N) is 1. The van der Waals surface area contributed by atoms with Crippen molar-refractivity contribution in [2.24, 2.45) is 0 Å². The van der Waals surface area contributed by atoms with Crippen LogP contribution in [0.5, 0.6) is 0 Å². The molecule has 0 spiro atoms. The Hall–Kier alpha value is -2.07. The zero-order valence-corrected chi connectivity index (χ0v) is 10.1. The van der Waals surface area contributed by atoms with Crippen LogP contribution in [0, 0.1) is 0 Å². The van der Waals surface area contributed by atoms with E-state index < -0.39 is 11.5 Å². The third-order valence-corrected chi connectivity index (χ3v) is 2.98. The summed E-state index contributed by atoms with van der Waals surface area (Å²) >= 11 is 0. The van der Waals surface area contributed by atoms with E-state index in [0.717, 1.165) is 0 Å². The maximum absolute atomic E-state index is 11.5. The molecule has 1 heterocycles. The zero-order valence-electron chi connectivity index (χ0n) is 10.1. The monoisotopic (exact) mass is 245 g/mol. The smallest absolute Gasteiger partial charge is 0.328 e. The molecule has 1 unspecified atom stereocenters. The Balaban J connectivity index is 2.20. The van der Waals surface area contributed by atoms with E-state index in [-0.39, 0.29) is 0 Å². The first-order valence-electron chi connectivity index (χ1n) is 5.69. The van der Waals surface area contributed by atoms with Crippen molar-refractivity contribution >= 4 is 5.97 Å². The molecule has 0 aliphatic rings. The fourth-order valence-corrected chi connectivity index (χ4v) is 1.75. The fraction of sp³-hybridized carbons (Fsp3) is 0.214. The standard InChI is InChI=1S/C14H15NO3/c1-14(13(16)17,11-6-3-2-4-7-11)15-10-12-8-5-9-18-12/h2-9,15H,10H2,1H3,(H,16,17). The van der Waals surface area contributed by atoms with Crippen molar-refractivity contribution in [2.75, 3.05) is 0 Å². The fourth-order valence-electron chi connectivity index (χ4n) is 1.75. The Bertz CT molecular complexity index is 507. The van der Waals surface area contributed by atoms with Crippen LogP contribution >= 0.6 is 0 Å². The summed E-state index contributed by atoms with van der Waals surface area (Å²) < 4.78 is 5.19. The van der Waals surface area contributed by atoms with E-state index >= 15 is 0 Å². The second kappa shape index (κ2) is 5.06. The van der Waals surface area contributed by atoms with Crippen molar-refractivity contribution in [1.82, 2.24) is 5.32 Å². The molecule has 0 bridgehead atoms. The van der Waals surface area contributed by atoms with Gasteiger partial charge < -0.3 is 9.52 Å². The Morgan fingerprint density at radius 3 is 2.56 bits per heavy atom. The predicted octanol–water partition coefficient (Wildman–Crippen LogP) is 2.37. The van der Waals surface area contributed by atoms with Gasteiger partial charge in [-0.05, 0) is 24.6 Å². The number of hydrogen-bond donors (Lipinski definition) is 2. The number of furan rings is 1. The zero-order chi connectivity index (χ0) is 13.0. The summed E-state index contributed by atoms with van der Waals surface area (Å²) in [7, 11) is 0. The minimum atomic E-state index is -1.13. The average Bonchev–Trinajstić information content (AvgIpc) is 2.90. The SMILES string of the molecule is CC(NCc1ccco1)(C(=O)O)c1ccccc1. The van der Waals surface area contributed by atoms with E-state index in [4.69, 9.17) is 4.42 Å². The number of carboxylic acids is 1. The molecule has 2 aromatic rings. The van der Waals surface area contributed by atoms with Gasteiger partial charge in [0.25, 0.3) is 0 Å². The highest BCUT2D eigenvalue weighted by Crippen LogP contribution is 2.21. The minimum absolute atomic E-state index is 0.366. The summed E-state index contributed by atoms with van der Waals surface area (Å²) in [6.45, 7) is 2.01. The van der Waals surface area contributed by atoms with Crippen LogP contribution in [0.2, 0.25) is 0 Å². The van der Waals surface area contributed by atoms with Crippen LogP contribution in [0.25, 0.3) is 0 Å². The molecule has 1 aromatic heterocycles. The van der Waals surface area contributed by atoms with Gasteiger partial charge in [0.1, 0.15) is 11.3 Å². The van der Waals surface area contributed by atoms with Crippen LogP contribution in [0.1, 0.15) is 18.2 Å². The molecule has 18 heavy (non-hydrogen) atoms. The molecule has 0 aliphatic heterocycles. The molecule has 0 fully saturated rings. The molecule has 94 valence electrons. The maximum atomic E-state index is 11.5. The lowest BCUT2D eigenvalue weighted by molar-refractivity contribution is -0.144. The van der Waals surface area contributed by atoms with E-state index in [1.165, 1.54) is 0 Å². The van der Waals surface area contributed by atoms with Crippen molar-refractivity contribution in [3.8, 4) is 0 Å². The summed E-state index contributed by atoms with van der Waals surface area (Å²) in [5, 5.41) is 12.4. The van der Waals surface area contributed by atoms with Crippen LogP contribution in [-0.2, 0) is 16.9 Å². The molecule has 2 rings (SSSR count). The molecule has 0 saturated carbocycles. The molecule has 4 nitrogen and oxygen atoms in total.